The molecule has 1 aliphatic rings. The molecule has 3 N–H and O–H groups in total. The Morgan fingerprint density at radius 3 is 2.71 bits per heavy atom. The normalized spacial score (nSPS) is 14.2. The number of nitrogens with one attached hydrogen (secondary N) is 1. The predicted octanol–water partition coefficient (Wildman–Crippen LogP) is 1.91. The van der Waals surface area contributed by atoms with Gasteiger partial charge in [-0.1, -0.05) is 0 Å². The summed E-state index contributed by atoms with van der Waals surface area (Å²) < 4.78 is 0. The molecule has 2 aromatic rings. The summed E-state index contributed by atoms with van der Waals surface area (Å²) in [6.07, 6.45) is 5.54. The zero-order chi connectivity index (χ0) is 14.7. The van der Waals surface area contributed by atoms with E-state index in [4.69, 9.17) is 5.73 Å². The summed E-state index contributed by atoms with van der Waals surface area (Å²) in [4.78, 5) is 22.9. The fourth-order valence-electron chi connectivity index (χ4n) is 2.43. The van der Waals surface area contributed by atoms with Gasteiger partial charge in [0.05, 0.1) is 17.4 Å². The molecule has 0 atom stereocenters. The Labute approximate surface area is 123 Å². The van der Waals surface area contributed by atoms with Crippen molar-refractivity contribution < 1.29 is 4.79 Å². The average molecular weight is 283 g/mol. The molecule has 6 nitrogen and oxygen atoms in total. The first kappa shape index (κ1) is 13.4. The number of pyridine rings is 2. The molecule has 0 bridgehead atoms. The van der Waals surface area contributed by atoms with E-state index < -0.39 is 0 Å². The van der Waals surface area contributed by atoms with E-state index >= 15 is 0 Å². The third-order valence-corrected chi connectivity index (χ3v) is 3.48. The van der Waals surface area contributed by atoms with Crippen molar-refractivity contribution in [1.29, 1.82) is 0 Å². The molecule has 1 aliphatic heterocycles. The largest absolute Gasteiger partial charge is 0.384 e. The monoisotopic (exact) mass is 283 g/mol. The standard InChI is InChI=1S/C15H17N5O/c16-13-6-5-11(10-18-13)19-15(21)12-4-3-7-17-14(12)20-8-1-2-9-20/h3-7,10H,1-2,8-9H2,(H2,16,18)(H,19,21). The summed E-state index contributed by atoms with van der Waals surface area (Å²) in [5.74, 6) is 0.986. The van der Waals surface area contributed by atoms with Crippen molar-refractivity contribution in [1.82, 2.24) is 9.97 Å². The molecule has 0 aromatic carbocycles. The first-order valence-electron chi connectivity index (χ1n) is 6.97. The van der Waals surface area contributed by atoms with Crippen molar-refractivity contribution in [3.63, 3.8) is 0 Å². The number of carbonyl (C=O) groups is 1. The molecule has 6 heteroatoms. The van der Waals surface area contributed by atoms with Gasteiger partial charge >= 0.3 is 0 Å². The van der Waals surface area contributed by atoms with Crippen LogP contribution in [0.15, 0.2) is 36.7 Å². The summed E-state index contributed by atoms with van der Waals surface area (Å²) in [5.41, 5.74) is 6.73. The van der Waals surface area contributed by atoms with Gasteiger partial charge in [0, 0.05) is 19.3 Å². The lowest BCUT2D eigenvalue weighted by Gasteiger charge is -2.19. The minimum absolute atomic E-state index is 0.184. The molecule has 0 radical (unpaired) electrons. The van der Waals surface area contributed by atoms with Crippen LogP contribution in [0.25, 0.3) is 0 Å². The second kappa shape index (κ2) is 5.78. The highest BCUT2D eigenvalue weighted by atomic mass is 16.1. The fourth-order valence-corrected chi connectivity index (χ4v) is 2.43. The van der Waals surface area contributed by atoms with Crippen molar-refractivity contribution in [2.45, 2.75) is 12.8 Å². The van der Waals surface area contributed by atoms with Gasteiger partial charge in [-0.05, 0) is 37.1 Å². The molecule has 3 rings (SSSR count). The topological polar surface area (TPSA) is 84.1 Å². The minimum atomic E-state index is -0.184. The van der Waals surface area contributed by atoms with Crippen LogP contribution in [0.5, 0.6) is 0 Å². The molecule has 0 spiro atoms. The molecule has 0 aliphatic carbocycles. The zero-order valence-electron chi connectivity index (χ0n) is 11.6. The van der Waals surface area contributed by atoms with Crippen LogP contribution < -0.4 is 16.0 Å². The molecular weight excluding hydrogens is 266 g/mol. The van der Waals surface area contributed by atoms with E-state index in [2.05, 4.69) is 20.2 Å². The van der Waals surface area contributed by atoms with Crippen LogP contribution in [0.1, 0.15) is 23.2 Å². The molecule has 21 heavy (non-hydrogen) atoms. The lowest BCUT2D eigenvalue weighted by Crippen LogP contribution is -2.24. The van der Waals surface area contributed by atoms with Crippen LogP contribution in [0.4, 0.5) is 17.3 Å². The van der Waals surface area contributed by atoms with Gasteiger partial charge in [0.25, 0.3) is 5.91 Å². The third kappa shape index (κ3) is 2.94. The van der Waals surface area contributed by atoms with E-state index in [1.807, 2.05) is 0 Å². The van der Waals surface area contributed by atoms with E-state index in [9.17, 15) is 4.79 Å². The number of hydrogen-bond donors (Lipinski definition) is 2. The summed E-state index contributed by atoms with van der Waals surface area (Å²) >= 11 is 0. The number of aromatic nitrogens is 2. The minimum Gasteiger partial charge on any atom is -0.384 e. The van der Waals surface area contributed by atoms with E-state index in [0.29, 0.717) is 17.1 Å². The fraction of sp³-hybridized carbons (Fsp3) is 0.267. The maximum atomic E-state index is 12.4. The highest BCUT2D eigenvalue weighted by Crippen LogP contribution is 2.22. The lowest BCUT2D eigenvalue weighted by molar-refractivity contribution is 0.102. The molecule has 108 valence electrons. The van der Waals surface area contributed by atoms with Crippen molar-refractivity contribution in [3.05, 3.63) is 42.2 Å². The van der Waals surface area contributed by atoms with Gasteiger partial charge in [0.1, 0.15) is 11.6 Å². The predicted molar refractivity (Wildman–Crippen MR) is 82.3 cm³/mol. The average Bonchev–Trinajstić information content (AvgIpc) is 3.04. The number of hydrogen-bond acceptors (Lipinski definition) is 5. The van der Waals surface area contributed by atoms with E-state index in [0.717, 1.165) is 31.7 Å². The third-order valence-electron chi connectivity index (χ3n) is 3.48. The SMILES string of the molecule is Nc1ccc(NC(=O)c2cccnc2N2CCCC2)cn1. The first-order valence-corrected chi connectivity index (χ1v) is 6.97. The van der Waals surface area contributed by atoms with Gasteiger partial charge < -0.3 is 16.0 Å². The van der Waals surface area contributed by atoms with Crippen LogP contribution in [0, 0.1) is 0 Å². The number of amides is 1. The van der Waals surface area contributed by atoms with Crippen LogP contribution in [-0.2, 0) is 0 Å². The van der Waals surface area contributed by atoms with E-state index in [1.165, 1.54) is 0 Å². The van der Waals surface area contributed by atoms with E-state index in [-0.39, 0.29) is 5.91 Å². The maximum absolute atomic E-state index is 12.4. The molecule has 1 amide bonds. The number of rotatable bonds is 3. The quantitative estimate of drug-likeness (QED) is 0.899. The Bertz CT molecular complexity index is 635. The number of carbonyl (C=O) groups excluding carboxylic acids is 1. The zero-order valence-corrected chi connectivity index (χ0v) is 11.6. The number of nitrogens with zero attached hydrogens (tertiary/aromatic N) is 3. The van der Waals surface area contributed by atoms with Crippen molar-refractivity contribution in [2.24, 2.45) is 0 Å². The Balaban J connectivity index is 1.82. The van der Waals surface area contributed by atoms with Gasteiger partial charge in [0.2, 0.25) is 0 Å². The van der Waals surface area contributed by atoms with Gasteiger partial charge in [-0.3, -0.25) is 4.79 Å². The van der Waals surface area contributed by atoms with Crippen molar-refractivity contribution >= 4 is 23.2 Å². The first-order chi connectivity index (χ1) is 10.2. The molecule has 0 saturated carbocycles. The number of anilines is 3. The van der Waals surface area contributed by atoms with Crippen LogP contribution in [0.3, 0.4) is 0 Å². The van der Waals surface area contributed by atoms with E-state index in [1.54, 1.807) is 36.7 Å². The van der Waals surface area contributed by atoms with Gasteiger partial charge in [-0.25, -0.2) is 9.97 Å². The second-order valence-electron chi connectivity index (χ2n) is 4.99. The maximum Gasteiger partial charge on any atom is 0.259 e. The van der Waals surface area contributed by atoms with Gasteiger partial charge in [-0.15, -0.1) is 0 Å². The van der Waals surface area contributed by atoms with Gasteiger partial charge in [-0.2, -0.15) is 0 Å². The Morgan fingerprint density at radius 2 is 2.00 bits per heavy atom. The van der Waals surface area contributed by atoms with Crippen LogP contribution >= 0.6 is 0 Å². The van der Waals surface area contributed by atoms with Crippen LogP contribution in [0.2, 0.25) is 0 Å². The van der Waals surface area contributed by atoms with Crippen molar-refractivity contribution in [3.8, 4) is 0 Å². The molecule has 1 fully saturated rings. The summed E-state index contributed by atoms with van der Waals surface area (Å²) in [5, 5.41) is 2.83. The Kier molecular flexibility index (Phi) is 3.68. The Morgan fingerprint density at radius 1 is 1.19 bits per heavy atom. The van der Waals surface area contributed by atoms with Crippen LogP contribution in [-0.4, -0.2) is 29.0 Å². The summed E-state index contributed by atoms with van der Waals surface area (Å²) in [6, 6.07) is 6.95. The molecule has 2 aromatic heterocycles. The molecule has 3 heterocycles. The molecular formula is C15H17N5O. The summed E-state index contributed by atoms with van der Waals surface area (Å²) in [6.45, 7) is 1.89. The number of nitrogens with two attached hydrogens (primary N) is 1. The molecule has 1 saturated heterocycles. The highest BCUT2D eigenvalue weighted by Gasteiger charge is 2.20. The summed E-state index contributed by atoms with van der Waals surface area (Å²) in [7, 11) is 0. The smallest absolute Gasteiger partial charge is 0.259 e. The lowest BCUT2D eigenvalue weighted by atomic mass is 10.2. The highest BCUT2D eigenvalue weighted by molar-refractivity contribution is 6.07. The van der Waals surface area contributed by atoms with Crippen molar-refractivity contribution in [2.75, 3.05) is 29.0 Å². The molecule has 0 unspecified atom stereocenters. The Hall–Kier alpha value is -2.63. The number of nitrogen functional groups attached to an aromatic ring is 1. The van der Waals surface area contributed by atoms with Gasteiger partial charge in [0.15, 0.2) is 0 Å². The second-order valence-corrected chi connectivity index (χ2v) is 4.99.